The molecule has 3 rings (SSSR count). The third-order valence-electron chi connectivity index (χ3n) is 4.91. The predicted molar refractivity (Wildman–Crippen MR) is 92.8 cm³/mol. The monoisotopic (exact) mass is 314 g/mol. The van der Waals surface area contributed by atoms with Gasteiger partial charge in [-0.1, -0.05) is 18.2 Å². The smallest absolute Gasteiger partial charge is 0.223 e. The number of methoxy groups -OCH3 is 1. The lowest BCUT2D eigenvalue weighted by atomic mass is 9.93. The van der Waals surface area contributed by atoms with Gasteiger partial charge in [0.2, 0.25) is 5.91 Å². The van der Waals surface area contributed by atoms with Crippen LogP contribution in [0.3, 0.4) is 0 Å². The molecule has 0 radical (unpaired) electrons. The topological polar surface area (TPSA) is 41.6 Å². The number of hydrogen-bond donors (Lipinski definition) is 1. The van der Waals surface area contributed by atoms with Crippen LogP contribution in [0, 0.1) is 11.8 Å². The van der Waals surface area contributed by atoms with Crippen LogP contribution in [0.2, 0.25) is 0 Å². The number of carbonyl (C=O) groups excluding carboxylic acids is 1. The van der Waals surface area contributed by atoms with Crippen molar-refractivity contribution in [1.82, 2.24) is 5.32 Å². The maximum Gasteiger partial charge on any atom is 0.223 e. The highest BCUT2D eigenvalue weighted by atomic mass is 16.5. The van der Waals surface area contributed by atoms with Crippen molar-refractivity contribution in [3.8, 4) is 5.75 Å². The van der Waals surface area contributed by atoms with Crippen LogP contribution in [0.25, 0.3) is 0 Å². The second-order valence-electron chi connectivity index (χ2n) is 6.53. The Kier molecular flexibility index (Phi) is 5.21. The van der Waals surface area contributed by atoms with E-state index >= 15 is 0 Å². The fraction of sp³-hybridized carbons (Fsp3) is 0.526. The van der Waals surface area contributed by atoms with Gasteiger partial charge in [0.15, 0.2) is 0 Å². The first-order valence-corrected chi connectivity index (χ1v) is 8.58. The van der Waals surface area contributed by atoms with Crippen LogP contribution >= 0.6 is 0 Å². The fourth-order valence-corrected chi connectivity index (χ4v) is 3.46. The van der Waals surface area contributed by atoms with Gasteiger partial charge in [0.25, 0.3) is 0 Å². The van der Waals surface area contributed by atoms with Gasteiger partial charge in [0, 0.05) is 37.3 Å². The highest BCUT2D eigenvalue weighted by Crippen LogP contribution is 2.26. The van der Waals surface area contributed by atoms with Crippen LogP contribution in [0.4, 0.5) is 5.69 Å². The van der Waals surface area contributed by atoms with Crippen LogP contribution in [0.1, 0.15) is 25.7 Å². The quantitative estimate of drug-likeness (QED) is 0.850. The van der Waals surface area contributed by atoms with Crippen LogP contribution in [0.5, 0.6) is 5.75 Å². The summed E-state index contributed by atoms with van der Waals surface area (Å²) < 4.78 is 5.30. The summed E-state index contributed by atoms with van der Waals surface area (Å²) in [5.74, 6) is 1.83. The number of carbonyl (C=O) groups is 1. The number of amides is 1. The summed E-state index contributed by atoms with van der Waals surface area (Å²) in [4.78, 5) is 14.6. The molecule has 1 amide bonds. The van der Waals surface area contributed by atoms with Crippen molar-refractivity contribution in [2.75, 3.05) is 31.6 Å². The summed E-state index contributed by atoms with van der Waals surface area (Å²) in [6, 6.07) is 8.20. The Hall–Kier alpha value is -1.97. The van der Waals surface area contributed by atoms with E-state index in [0.717, 1.165) is 51.1 Å². The van der Waals surface area contributed by atoms with Crippen molar-refractivity contribution in [2.24, 2.45) is 11.8 Å². The molecule has 0 aromatic heterocycles. The van der Waals surface area contributed by atoms with E-state index < -0.39 is 0 Å². The van der Waals surface area contributed by atoms with Gasteiger partial charge in [-0.3, -0.25) is 4.79 Å². The molecule has 1 saturated heterocycles. The first-order chi connectivity index (χ1) is 11.3. The largest absolute Gasteiger partial charge is 0.497 e. The van der Waals surface area contributed by atoms with Crippen LogP contribution in [0.15, 0.2) is 36.4 Å². The van der Waals surface area contributed by atoms with Gasteiger partial charge in [0.05, 0.1) is 7.11 Å². The minimum absolute atomic E-state index is 0.177. The van der Waals surface area contributed by atoms with Crippen molar-refractivity contribution in [1.29, 1.82) is 0 Å². The molecule has 0 saturated carbocycles. The number of nitrogens with zero attached hydrogens (tertiary/aromatic N) is 1. The van der Waals surface area contributed by atoms with E-state index in [4.69, 9.17) is 4.74 Å². The lowest BCUT2D eigenvalue weighted by Crippen LogP contribution is -2.35. The van der Waals surface area contributed by atoms with E-state index in [1.165, 1.54) is 5.69 Å². The molecule has 2 unspecified atom stereocenters. The first-order valence-electron chi connectivity index (χ1n) is 8.58. The molecule has 2 atom stereocenters. The maximum absolute atomic E-state index is 12.2. The summed E-state index contributed by atoms with van der Waals surface area (Å²) >= 11 is 0. The number of anilines is 1. The Morgan fingerprint density at radius 2 is 2.26 bits per heavy atom. The molecule has 1 heterocycles. The van der Waals surface area contributed by atoms with Crippen molar-refractivity contribution < 1.29 is 9.53 Å². The Labute approximate surface area is 138 Å². The van der Waals surface area contributed by atoms with Gasteiger partial charge in [-0.2, -0.15) is 0 Å². The summed E-state index contributed by atoms with van der Waals surface area (Å²) in [6.45, 7) is 2.83. The molecule has 23 heavy (non-hydrogen) atoms. The van der Waals surface area contributed by atoms with Gasteiger partial charge in [-0.25, -0.2) is 0 Å². The van der Waals surface area contributed by atoms with Crippen molar-refractivity contribution in [3.05, 3.63) is 36.4 Å². The first kappa shape index (κ1) is 15.9. The van der Waals surface area contributed by atoms with Crippen LogP contribution in [-0.2, 0) is 4.79 Å². The van der Waals surface area contributed by atoms with E-state index in [1.807, 2.05) is 12.1 Å². The van der Waals surface area contributed by atoms with Gasteiger partial charge in [-0.15, -0.1) is 0 Å². The summed E-state index contributed by atoms with van der Waals surface area (Å²) in [5, 5.41) is 3.16. The molecular weight excluding hydrogens is 288 g/mol. The molecule has 2 aliphatic rings. The molecule has 0 bridgehead atoms. The standard InChI is InChI=1S/C19H26N2O2/c1-23-18-9-5-8-17(12-18)21-11-10-15(14-21)13-20-19(22)16-6-3-2-4-7-16/h2-3,5,8-9,12,15-16H,4,6-7,10-11,13-14H2,1H3,(H,20,22). The summed E-state index contributed by atoms with van der Waals surface area (Å²) in [6.07, 6.45) is 8.35. The Bertz CT molecular complexity index is 570. The van der Waals surface area contributed by atoms with Crippen molar-refractivity contribution in [3.63, 3.8) is 0 Å². The third kappa shape index (κ3) is 4.06. The molecule has 124 valence electrons. The number of ether oxygens (including phenoxy) is 1. The number of rotatable bonds is 5. The minimum Gasteiger partial charge on any atom is -0.497 e. The van der Waals surface area contributed by atoms with E-state index in [0.29, 0.717) is 5.92 Å². The van der Waals surface area contributed by atoms with Crippen molar-refractivity contribution in [2.45, 2.75) is 25.7 Å². The third-order valence-corrected chi connectivity index (χ3v) is 4.91. The van der Waals surface area contributed by atoms with Gasteiger partial charge < -0.3 is 15.0 Å². The SMILES string of the molecule is COc1cccc(N2CCC(CNC(=O)C3CC=CCC3)C2)c1. The number of hydrogen-bond acceptors (Lipinski definition) is 3. The zero-order valence-electron chi connectivity index (χ0n) is 13.8. The average molecular weight is 314 g/mol. The molecule has 4 nitrogen and oxygen atoms in total. The van der Waals surface area contributed by atoms with E-state index in [-0.39, 0.29) is 11.8 Å². The predicted octanol–water partition coefficient (Wildman–Crippen LogP) is 2.99. The van der Waals surface area contributed by atoms with Gasteiger partial charge >= 0.3 is 0 Å². The molecule has 4 heteroatoms. The lowest BCUT2D eigenvalue weighted by molar-refractivity contribution is -0.125. The van der Waals surface area contributed by atoms with Gasteiger partial charge in [-0.05, 0) is 43.7 Å². The number of benzene rings is 1. The molecular formula is C19H26N2O2. The van der Waals surface area contributed by atoms with Gasteiger partial charge in [0.1, 0.15) is 5.75 Å². The Morgan fingerprint density at radius 1 is 1.35 bits per heavy atom. The summed E-state index contributed by atoms with van der Waals surface area (Å²) in [7, 11) is 1.70. The van der Waals surface area contributed by atoms with E-state index in [9.17, 15) is 4.79 Å². The fourth-order valence-electron chi connectivity index (χ4n) is 3.46. The Balaban J connectivity index is 1.48. The normalized spacial score (nSPS) is 23.8. The number of allylic oxidation sites excluding steroid dienone is 2. The Morgan fingerprint density at radius 3 is 3.04 bits per heavy atom. The average Bonchev–Trinajstić information content (AvgIpc) is 3.09. The molecule has 1 N–H and O–H groups in total. The molecule has 1 aromatic carbocycles. The highest BCUT2D eigenvalue weighted by Gasteiger charge is 2.25. The van der Waals surface area contributed by atoms with E-state index in [2.05, 4.69) is 34.5 Å². The van der Waals surface area contributed by atoms with Crippen LogP contribution in [-0.4, -0.2) is 32.7 Å². The second kappa shape index (κ2) is 7.53. The zero-order chi connectivity index (χ0) is 16.1. The van der Waals surface area contributed by atoms with Crippen LogP contribution < -0.4 is 15.0 Å². The molecule has 1 aliphatic heterocycles. The molecule has 1 fully saturated rings. The second-order valence-corrected chi connectivity index (χ2v) is 6.53. The zero-order valence-corrected chi connectivity index (χ0v) is 13.8. The molecule has 1 aliphatic carbocycles. The summed E-state index contributed by atoms with van der Waals surface area (Å²) in [5.41, 5.74) is 1.20. The molecule has 0 spiro atoms. The lowest BCUT2D eigenvalue weighted by Gasteiger charge is -2.21. The van der Waals surface area contributed by atoms with Crippen molar-refractivity contribution >= 4 is 11.6 Å². The minimum atomic E-state index is 0.177. The maximum atomic E-state index is 12.2. The highest BCUT2D eigenvalue weighted by molar-refractivity contribution is 5.79. The van der Waals surface area contributed by atoms with E-state index in [1.54, 1.807) is 7.11 Å². The number of nitrogens with one attached hydrogen (secondary N) is 1. The molecule has 1 aromatic rings.